The van der Waals surface area contributed by atoms with Gasteiger partial charge in [-0.1, -0.05) is 0 Å². The number of hydroxylamine groups is 1. The summed E-state index contributed by atoms with van der Waals surface area (Å²) in [6, 6.07) is 1.15. The molecule has 0 saturated carbocycles. The number of carboxylic acid groups (broad SMARTS) is 1. The Labute approximate surface area is 66.4 Å². The fraction of sp³-hybridized carbons (Fsp3) is 0. The summed E-state index contributed by atoms with van der Waals surface area (Å²) in [5, 5.41) is 16.6. The average Bonchev–Trinajstić information content (AvgIpc) is 2.50. The number of nitrogens with one attached hydrogen (secondary N) is 1. The molecule has 64 valence electrons. The number of amides is 1. The molecule has 12 heavy (non-hydrogen) atoms. The van der Waals surface area contributed by atoms with E-state index in [1.54, 1.807) is 0 Å². The highest BCUT2D eigenvalue weighted by molar-refractivity contribution is 6.02. The zero-order chi connectivity index (χ0) is 9.14. The van der Waals surface area contributed by atoms with Crippen molar-refractivity contribution in [2.45, 2.75) is 0 Å². The highest BCUT2D eigenvalue weighted by atomic mass is 16.5. The predicted molar refractivity (Wildman–Crippen MR) is 34.9 cm³/mol. The van der Waals surface area contributed by atoms with Gasteiger partial charge in [0.2, 0.25) is 5.76 Å². The van der Waals surface area contributed by atoms with E-state index >= 15 is 0 Å². The third-order valence-electron chi connectivity index (χ3n) is 1.21. The van der Waals surface area contributed by atoms with Crippen LogP contribution in [-0.4, -0.2) is 22.2 Å². The summed E-state index contributed by atoms with van der Waals surface area (Å²) in [6.45, 7) is 0. The van der Waals surface area contributed by atoms with E-state index in [1.807, 2.05) is 0 Å². The van der Waals surface area contributed by atoms with E-state index in [0.29, 0.717) is 0 Å². The Bertz CT molecular complexity index is 315. The number of carboxylic acids is 1. The summed E-state index contributed by atoms with van der Waals surface area (Å²) < 4.78 is 4.48. The van der Waals surface area contributed by atoms with Crippen LogP contribution in [0.5, 0.6) is 0 Å². The summed E-state index contributed by atoms with van der Waals surface area (Å²) in [6.07, 6.45) is 1.05. The molecule has 0 aliphatic carbocycles. The van der Waals surface area contributed by atoms with Crippen LogP contribution in [0.25, 0.3) is 0 Å². The maximum Gasteiger partial charge on any atom is 0.372 e. The number of hydrogen-bond donors (Lipinski definition) is 3. The number of aromatic carboxylic acids is 1. The molecule has 0 saturated heterocycles. The standard InChI is InChI=1S/C6H5NO5/c8-5(7-11)3-1-2-12-4(3)6(9)10/h1-2,11H,(H,7,8)(H,9,10). The largest absolute Gasteiger partial charge is 0.475 e. The minimum Gasteiger partial charge on any atom is -0.475 e. The molecule has 3 N–H and O–H groups in total. The van der Waals surface area contributed by atoms with Gasteiger partial charge in [0.1, 0.15) is 0 Å². The van der Waals surface area contributed by atoms with E-state index in [0.717, 1.165) is 12.3 Å². The molecule has 0 radical (unpaired) electrons. The minimum atomic E-state index is -1.36. The van der Waals surface area contributed by atoms with Crippen molar-refractivity contribution in [1.29, 1.82) is 0 Å². The van der Waals surface area contributed by atoms with Gasteiger partial charge in [-0.2, -0.15) is 0 Å². The molecule has 0 atom stereocenters. The van der Waals surface area contributed by atoms with Crippen LogP contribution < -0.4 is 5.48 Å². The Morgan fingerprint density at radius 1 is 1.50 bits per heavy atom. The molecule has 1 heterocycles. The first-order chi connectivity index (χ1) is 5.66. The van der Waals surface area contributed by atoms with Crippen LogP contribution in [0, 0.1) is 0 Å². The van der Waals surface area contributed by atoms with Gasteiger partial charge >= 0.3 is 5.97 Å². The van der Waals surface area contributed by atoms with Gasteiger partial charge in [-0.25, -0.2) is 10.3 Å². The van der Waals surface area contributed by atoms with Crippen molar-refractivity contribution in [2.75, 3.05) is 0 Å². The fourth-order valence-electron chi connectivity index (χ4n) is 0.714. The summed E-state index contributed by atoms with van der Waals surface area (Å²) in [7, 11) is 0. The Hall–Kier alpha value is -1.82. The molecule has 6 nitrogen and oxygen atoms in total. The van der Waals surface area contributed by atoms with E-state index < -0.39 is 17.6 Å². The second kappa shape index (κ2) is 3.05. The molecule has 1 amide bonds. The number of rotatable bonds is 2. The molecule has 0 fully saturated rings. The maximum absolute atomic E-state index is 10.7. The molecule has 0 aromatic carbocycles. The molecule has 0 unspecified atom stereocenters. The Balaban J connectivity index is 3.07. The van der Waals surface area contributed by atoms with Crippen LogP contribution in [0.4, 0.5) is 0 Å². The first-order valence-corrected chi connectivity index (χ1v) is 2.92. The van der Waals surface area contributed by atoms with Crippen molar-refractivity contribution in [1.82, 2.24) is 5.48 Å². The zero-order valence-electron chi connectivity index (χ0n) is 5.77. The second-order valence-electron chi connectivity index (χ2n) is 1.91. The van der Waals surface area contributed by atoms with Gasteiger partial charge in [0.25, 0.3) is 5.91 Å². The van der Waals surface area contributed by atoms with Crippen molar-refractivity contribution in [3.05, 3.63) is 23.7 Å². The van der Waals surface area contributed by atoms with Gasteiger partial charge < -0.3 is 9.52 Å². The van der Waals surface area contributed by atoms with Crippen molar-refractivity contribution < 1.29 is 24.3 Å². The van der Waals surface area contributed by atoms with Gasteiger partial charge in [0.15, 0.2) is 0 Å². The van der Waals surface area contributed by atoms with E-state index in [9.17, 15) is 9.59 Å². The topological polar surface area (TPSA) is 99.8 Å². The first kappa shape index (κ1) is 8.28. The monoisotopic (exact) mass is 171 g/mol. The lowest BCUT2D eigenvalue weighted by Crippen LogP contribution is -2.20. The van der Waals surface area contributed by atoms with E-state index in [-0.39, 0.29) is 5.56 Å². The molecule has 1 aromatic rings. The second-order valence-corrected chi connectivity index (χ2v) is 1.91. The third-order valence-corrected chi connectivity index (χ3v) is 1.21. The molecule has 1 aromatic heterocycles. The molecular weight excluding hydrogens is 166 g/mol. The van der Waals surface area contributed by atoms with Crippen molar-refractivity contribution in [3.63, 3.8) is 0 Å². The quantitative estimate of drug-likeness (QED) is 0.432. The van der Waals surface area contributed by atoms with Crippen LogP contribution >= 0.6 is 0 Å². The molecule has 0 spiro atoms. The number of carbonyl (C=O) groups excluding carboxylic acids is 1. The maximum atomic E-state index is 10.7. The van der Waals surface area contributed by atoms with Gasteiger partial charge in [-0.05, 0) is 6.07 Å². The van der Waals surface area contributed by atoms with Gasteiger partial charge in [-0.3, -0.25) is 10.0 Å². The fourth-order valence-corrected chi connectivity index (χ4v) is 0.714. The lowest BCUT2D eigenvalue weighted by molar-refractivity contribution is 0.0634. The Kier molecular flexibility index (Phi) is 2.11. The van der Waals surface area contributed by atoms with Gasteiger partial charge in [0.05, 0.1) is 11.8 Å². The van der Waals surface area contributed by atoms with Crippen LogP contribution in [0.1, 0.15) is 20.9 Å². The molecular formula is C6H5NO5. The van der Waals surface area contributed by atoms with Crippen molar-refractivity contribution in [3.8, 4) is 0 Å². The number of hydrogen-bond acceptors (Lipinski definition) is 4. The SMILES string of the molecule is O=C(NO)c1ccoc1C(=O)O. The average molecular weight is 171 g/mol. The van der Waals surface area contributed by atoms with Crippen LogP contribution in [-0.2, 0) is 0 Å². The van der Waals surface area contributed by atoms with Gasteiger partial charge in [0, 0.05) is 0 Å². The normalized spacial score (nSPS) is 9.42. The highest BCUT2D eigenvalue weighted by Gasteiger charge is 2.19. The molecule has 6 heteroatoms. The van der Waals surface area contributed by atoms with E-state index in [2.05, 4.69) is 4.42 Å². The number of carbonyl (C=O) groups is 2. The summed E-state index contributed by atoms with van der Waals surface area (Å²) in [5.74, 6) is -2.78. The third kappa shape index (κ3) is 1.28. The summed E-state index contributed by atoms with van der Waals surface area (Å²) >= 11 is 0. The molecule has 0 aliphatic heterocycles. The van der Waals surface area contributed by atoms with Crippen LogP contribution in [0.2, 0.25) is 0 Å². The smallest absolute Gasteiger partial charge is 0.372 e. The minimum absolute atomic E-state index is 0.218. The molecule has 1 rings (SSSR count). The van der Waals surface area contributed by atoms with E-state index in [1.165, 1.54) is 5.48 Å². The lowest BCUT2D eigenvalue weighted by Gasteiger charge is -1.94. The predicted octanol–water partition coefficient (Wildman–Crippen LogP) is 0.0968. The van der Waals surface area contributed by atoms with Gasteiger partial charge in [-0.15, -0.1) is 0 Å². The summed E-state index contributed by atoms with van der Waals surface area (Å²) in [4.78, 5) is 21.1. The summed E-state index contributed by atoms with van der Waals surface area (Å²) in [5.41, 5.74) is 1.08. The molecule has 0 bridgehead atoms. The lowest BCUT2D eigenvalue weighted by atomic mass is 10.2. The van der Waals surface area contributed by atoms with Crippen LogP contribution in [0.3, 0.4) is 0 Å². The zero-order valence-corrected chi connectivity index (χ0v) is 5.77. The Morgan fingerprint density at radius 3 is 2.67 bits per heavy atom. The highest BCUT2D eigenvalue weighted by Crippen LogP contribution is 2.09. The Morgan fingerprint density at radius 2 is 2.17 bits per heavy atom. The van der Waals surface area contributed by atoms with E-state index in [4.69, 9.17) is 10.3 Å². The molecule has 0 aliphatic rings. The first-order valence-electron chi connectivity index (χ1n) is 2.92. The number of furan rings is 1. The van der Waals surface area contributed by atoms with Crippen molar-refractivity contribution in [2.24, 2.45) is 0 Å². The van der Waals surface area contributed by atoms with Crippen molar-refractivity contribution >= 4 is 11.9 Å². The van der Waals surface area contributed by atoms with Crippen LogP contribution in [0.15, 0.2) is 16.7 Å².